The van der Waals surface area contributed by atoms with E-state index < -0.39 is 0 Å². The fourth-order valence-electron chi connectivity index (χ4n) is 2.05. The summed E-state index contributed by atoms with van der Waals surface area (Å²) < 4.78 is 10.7. The van der Waals surface area contributed by atoms with Crippen molar-refractivity contribution < 1.29 is 14.3 Å². The SMILES string of the molecule is CCOC(=O)Cc1csc(C2CN(CC)CCO2)n1. The van der Waals surface area contributed by atoms with E-state index in [1.54, 1.807) is 18.3 Å². The molecule has 0 radical (unpaired) electrons. The summed E-state index contributed by atoms with van der Waals surface area (Å²) in [5.41, 5.74) is 0.774. The van der Waals surface area contributed by atoms with Crippen LogP contribution in [0.4, 0.5) is 0 Å². The fourth-order valence-corrected chi connectivity index (χ4v) is 2.91. The number of nitrogens with zero attached hydrogens (tertiary/aromatic N) is 2. The molecule has 1 atom stereocenters. The summed E-state index contributed by atoms with van der Waals surface area (Å²) in [6.07, 6.45) is 0.281. The molecule has 0 N–H and O–H groups in total. The lowest BCUT2D eigenvalue weighted by atomic mass is 10.3. The average molecular weight is 284 g/mol. The molecule has 0 amide bonds. The highest BCUT2D eigenvalue weighted by molar-refractivity contribution is 7.09. The van der Waals surface area contributed by atoms with Crippen LogP contribution in [0.1, 0.15) is 30.7 Å². The molecule has 1 aliphatic heterocycles. The van der Waals surface area contributed by atoms with Crippen molar-refractivity contribution in [1.82, 2.24) is 9.88 Å². The van der Waals surface area contributed by atoms with E-state index in [0.29, 0.717) is 6.61 Å². The van der Waals surface area contributed by atoms with Crippen LogP contribution in [0.15, 0.2) is 5.38 Å². The van der Waals surface area contributed by atoms with Gasteiger partial charge in [0.1, 0.15) is 11.1 Å². The maximum Gasteiger partial charge on any atom is 0.311 e. The molecule has 106 valence electrons. The normalized spacial score (nSPS) is 20.4. The number of hydrogen-bond acceptors (Lipinski definition) is 6. The average Bonchev–Trinajstić information content (AvgIpc) is 2.87. The zero-order chi connectivity index (χ0) is 13.7. The molecular weight excluding hydrogens is 264 g/mol. The maximum absolute atomic E-state index is 11.4. The van der Waals surface area contributed by atoms with Gasteiger partial charge in [-0.2, -0.15) is 0 Å². The highest BCUT2D eigenvalue weighted by Crippen LogP contribution is 2.25. The Morgan fingerprint density at radius 1 is 1.63 bits per heavy atom. The zero-order valence-corrected chi connectivity index (χ0v) is 12.2. The molecule has 1 unspecified atom stereocenters. The molecule has 1 aromatic heterocycles. The number of esters is 1. The second kappa shape index (κ2) is 6.98. The summed E-state index contributed by atoms with van der Waals surface area (Å²) in [5.74, 6) is -0.223. The summed E-state index contributed by atoms with van der Waals surface area (Å²) >= 11 is 1.56. The van der Waals surface area contributed by atoms with Crippen LogP contribution in [-0.4, -0.2) is 48.7 Å². The molecule has 0 bridgehead atoms. The van der Waals surface area contributed by atoms with Gasteiger partial charge in [0.2, 0.25) is 0 Å². The third-order valence-electron chi connectivity index (χ3n) is 3.07. The Bertz CT molecular complexity index is 422. The van der Waals surface area contributed by atoms with E-state index >= 15 is 0 Å². The lowest BCUT2D eigenvalue weighted by Crippen LogP contribution is -2.38. The Balaban J connectivity index is 1.94. The molecule has 1 fully saturated rings. The molecule has 19 heavy (non-hydrogen) atoms. The van der Waals surface area contributed by atoms with Crippen molar-refractivity contribution in [2.24, 2.45) is 0 Å². The van der Waals surface area contributed by atoms with Crippen LogP contribution in [0.3, 0.4) is 0 Å². The molecule has 1 aliphatic rings. The third kappa shape index (κ3) is 3.99. The van der Waals surface area contributed by atoms with Crippen LogP contribution >= 0.6 is 11.3 Å². The van der Waals surface area contributed by atoms with Crippen molar-refractivity contribution in [3.63, 3.8) is 0 Å². The van der Waals surface area contributed by atoms with Gasteiger partial charge in [-0.05, 0) is 13.5 Å². The summed E-state index contributed by atoms with van der Waals surface area (Å²) in [6.45, 7) is 7.99. The Labute approximate surface area is 117 Å². The van der Waals surface area contributed by atoms with Gasteiger partial charge in [0.15, 0.2) is 0 Å². The first-order chi connectivity index (χ1) is 9.22. The van der Waals surface area contributed by atoms with Crippen molar-refractivity contribution in [2.45, 2.75) is 26.4 Å². The van der Waals surface area contributed by atoms with Gasteiger partial charge < -0.3 is 9.47 Å². The molecule has 2 rings (SSSR count). The van der Waals surface area contributed by atoms with Gasteiger partial charge in [-0.1, -0.05) is 6.92 Å². The Morgan fingerprint density at radius 3 is 3.21 bits per heavy atom. The Kier molecular flexibility index (Phi) is 5.30. The monoisotopic (exact) mass is 284 g/mol. The van der Waals surface area contributed by atoms with Crippen molar-refractivity contribution >= 4 is 17.3 Å². The number of likely N-dealkylation sites (N-methyl/N-ethyl adjacent to an activating group) is 1. The smallest absolute Gasteiger partial charge is 0.311 e. The molecule has 0 saturated carbocycles. The van der Waals surface area contributed by atoms with Crippen molar-refractivity contribution in [1.29, 1.82) is 0 Å². The lowest BCUT2D eigenvalue weighted by Gasteiger charge is -2.30. The summed E-state index contributed by atoms with van der Waals surface area (Å²) in [6, 6.07) is 0. The highest BCUT2D eigenvalue weighted by atomic mass is 32.1. The molecule has 6 heteroatoms. The van der Waals surface area contributed by atoms with Gasteiger partial charge in [-0.25, -0.2) is 4.98 Å². The zero-order valence-electron chi connectivity index (χ0n) is 11.4. The van der Waals surface area contributed by atoms with E-state index in [9.17, 15) is 4.79 Å². The van der Waals surface area contributed by atoms with Crippen LogP contribution in [0.2, 0.25) is 0 Å². The molecule has 0 spiro atoms. The number of aromatic nitrogens is 1. The minimum atomic E-state index is -0.223. The van der Waals surface area contributed by atoms with E-state index in [2.05, 4.69) is 16.8 Å². The second-order valence-corrected chi connectivity index (χ2v) is 5.30. The Morgan fingerprint density at radius 2 is 2.47 bits per heavy atom. The molecule has 1 aromatic rings. The van der Waals surface area contributed by atoms with Crippen LogP contribution < -0.4 is 0 Å². The van der Waals surface area contributed by atoms with Gasteiger partial charge in [-0.3, -0.25) is 9.69 Å². The number of carbonyl (C=O) groups excluding carboxylic acids is 1. The third-order valence-corrected chi connectivity index (χ3v) is 4.06. The first-order valence-electron chi connectivity index (χ1n) is 6.66. The molecular formula is C13H20N2O3S. The molecule has 2 heterocycles. The first kappa shape index (κ1) is 14.4. The van der Waals surface area contributed by atoms with E-state index in [4.69, 9.17) is 9.47 Å². The molecule has 0 aliphatic carbocycles. The standard InChI is InChI=1S/C13H20N2O3S/c1-3-15-5-6-18-11(8-15)13-14-10(9-19-13)7-12(16)17-4-2/h9,11H,3-8H2,1-2H3. The number of hydrogen-bond donors (Lipinski definition) is 0. The summed E-state index contributed by atoms with van der Waals surface area (Å²) in [7, 11) is 0. The molecule has 1 saturated heterocycles. The van der Waals surface area contributed by atoms with Gasteiger partial charge in [0.05, 0.1) is 25.3 Å². The predicted octanol–water partition coefficient (Wildman–Crippen LogP) is 1.64. The maximum atomic E-state index is 11.4. The van der Waals surface area contributed by atoms with Gasteiger partial charge in [0, 0.05) is 18.5 Å². The predicted molar refractivity (Wildman–Crippen MR) is 73.3 cm³/mol. The molecule has 5 nitrogen and oxygen atoms in total. The number of rotatable bonds is 5. The van der Waals surface area contributed by atoms with Crippen LogP contribution in [0, 0.1) is 0 Å². The van der Waals surface area contributed by atoms with Crippen LogP contribution in [0.5, 0.6) is 0 Å². The first-order valence-corrected chi connectivity index (χ1v) is 7.54. The number of thiazole rings is 1. The van der Waals surface area contributed by atoms with Crippen LogP contribution in [-0.2, 0) is 20.7 Å². The quantitative estimate of drug-likeness (QED) is 0.769. The summed E-state index contributed by atoms with van der Waals surface area (Å²) in [5, 5.41) is 2.87. The summed E-state index contributed by atoms with van der Waals surface area (Å²) in [4.78, 5) is 18.2. The van der Waals surface area contributed by atoms with Crippen molar-refractivity contribution in [2.75, 3.05) is 32.8 Å². The largest absolute Gasteiger partial charge is 0.466 e. The minimum absolute atomic E-state index is 0.0367. The van der Waals surface area contributed by atoms with Crippen molar-refractivity contribution in [3.8, 4) is 0 Å². The number of carbonyl (C=O) groups is 1. The number of ether oxygens (including phenoxy) is 2. The topological polar surface area (TPSA) is 51.7 Å². The number of morpholine rings is 1. The molecule has 0 aromatic carbocycles. The fraction of sp³-hybridized carbons (Fsp3) is 0.692. The van der Waals surface area contributed by atoms with Crippen molar-refractivity contribution in [3.05, 3.63) is 16.1 Å². The minimum Gasteiger partial charge on any atom is -0.466 e. The van der Waals surface area contributed by atoms with E-state index in [-0.39, 0.29) is 18.5 Å². The van der Waals surface area contributed by atoms with Gasteiger partial charge in [0.25, 0.3) is 0 Å². The van der Waals surface area contributed by atoms with Gasteiger partial charge >= 0.3 is 5.97 Å². The van der Waals surface area contributed by atoms with Crippen LogP contribution in [0.25, 0.3) is 0 Å². The Hall–Kier alpha value is -0.980. The van der Waals surface area contributed by atoms with Gasteiger partial charge in [-0.15, -0.1) is 11.3 Å². The van der Waals surface area contributed by atoms with E-state index in [0.717, 1.165) is 36.9 Å². The highest BCUT2D eigenvalue weighted by Gasteiger charge is 2.23. The van der Waals surface area contributed by atoms with E-state index in [1.165, 1.54) is 0 Å². The second-order valence-electron chi connectivity index (χ2n) is 4.41. The lowest BCUT2D eigenvalue weighted by molar-refractivity contribution is -0.142. The van der Waals surface area contributed by atoms with E-state index in [1.807, 2.05) is 5.38 Å².